The number of aromatic nitrogens is 2. The normalized spacial score (nSPS) is 26.2. The first-order valence-corrected chi connectivity index (χ1v) is 13.2. The maximum atomic E-state index is 13.9. The Bertz CT molecular complexity index is 999. The third-order valence-electron chi connectivity index (χ3n) is 8.46. The minimum atomic E-state index is -0.977. The number of rotatable bonds is 7. The maximum absolute atomic E-state index is 13.9. The number of fused-ring (bicyclic) bond motifs is 1. The number of nitrogens with zero attached hydrogens (tertiary/aromatic N) is 3. The van der Waals surface area contributed by atoms with E-state index in [4.69, 9.17) is 0 Å². The van der Waals surface area contributed by atoms with Crippen LogP contribution in [-0.2, 0) is 14.4 Å². The van der Waals surface area contributed by atoms with Crippen LogP contribution in [0.25, 0.3) is 0 Å². The van der Waals surface area contributed by atoms with Gasteiger partial charge in [0.2, 0.25) is 11.8 Å². The van der Waals surface area contributed by atoms with Crippen molar-refractivity contribution in [3.05, 3.63) is 24.3 Å². The zero-order valence-electron chi connectivity index (χ0n) is 21.5. The van der Waals surface area contributed by atoms with E-state index in [2.05, 4.69) is 15.3 Å². The Balaban J connectivity index is 1.57. The Morgan fingerprint density at radius 1 is 1.11 bits per heavy atom. The Hall–Kier alpha value is -2.84. The highest BCUT2D eigenvalue weighted by Gasteiger charge is 2.52. The fourth-order valence-corrected chi connectivity index (χ4v) is 6.50. The largest absolute Gasteiger partial charge is 0.480 e. The Morgan fingerprint density at radius 2 is 1.83 bits per heavy atom. The van der Waals surface area contributed by atoms with Crippen molar-refractivity contribution in [3.8, 4) is 0 Å². The Morgan fingerprint density at radius 3 is 2.44 bits per heavy atom. The van der Waals surface area contributed by atoms with E-state index in [1.54, 1.807) is 0 Å². The zero-order chi connectivity index (χ0) is 26.1. The molecule has 1 aromatic heterocycles. The molecule has 2 N–H and O–H groups in total. The van der Waals surface area contributed by atoms with Gasteiger partial charge in [-0.25, -0.2) is 9.78 Å². The van der Waals surface area contributed by atoms with Crippen LogP contribution in [0, 0.1) is 22.7 Å². The van der Waals surface area contributed by atoms with E-state index in [9.17, 15) is 24.3 Å². The van der Waals surface area contributed by atoms with Crippen molar-refractivity contribution in [2.45, 2.75) is 90.6 Å². The number of carboxylic acids is 1. The molecule has 9 heteroatoms. The Kier molecular flexibility index (Phi) is 7.48. The van der Waals surface area contributed by atoms with Gasteiger partial charge >= 0.3 is 5.97 Å². The lowest BCUT2D eigenvalue weighted by atomic mass is 9.69. The van der Waals surface area contributed by atoms with Crippen LogP contribution < -0.4 is 5.32 Å². The zero-order valence-corrected chi connectivity index (χ0v) is 21.5. The molecule has 2 aliphatic carbocycles. The molecule has 2 heterocycles. The van der Waals surface area contributed by atoms with Gasteiger partial charge < -0.3 is 15.3 Å². The number of hydrogen-bond donors (Lipinski definition) is 2. The second-order valence-electron chi connectivity index (χ2n) is 11.9. The second-order valence-corrected chi connectivity index (χ2v) is 11.9. The van der Waals surface area contributed by atoms with Crippen LogP contribution in [0.2, 0.25) is 0 Å². The van der Waals surface area contributed by atoms with Gasteiger partial charge in [0.15, 0.2) is 5.78 Å². The van der Waals surface area contributed by atoms with Gasteiger partial charge in [-0.2, -0.15) is 0 Å². The van der Waals surface area contributed by atoms with Gasteiger partial charge in [-0.1, -0.05) is 46.5 Å². The molecule has 0 bridgehead atoms. The molecule has 9 nitrogen and oxygen atoms in total. The van der Waals surface area contributed by atoms with Crippen LogP contribution in [0.15, 0.2) is 18.6 Å². The number of Topliss-reactive ketones (excluding diaryl/α,β-unsaturated/α-hetero) is 1. The fraction of sp³-hybridized carbons (Fsp3) is 0.704. The quantitative estimate of drug-likeness (QED) is 0.552. The third-order valence-corrected chi connectivity index (χ3v) is 8.46. The lowest BCUT2D eigenvalue weighted by Crippen LogP contribution is -2.59. The highest BCUT2D eigenvalue weighted by atomic mass is 16.4. The highest BCUT2D eigenvalue weighted by Crippen LogP contribution is 2.44. The number of carboxylic acid groups (broad SMARTS) is 1. The summed E-state index contributed by atoms with van der Waals surface area (Å²) in [6.45, 7) is 6.04. The molecule has 3 fully saturated rings. The van der Waals surface area contributed by atoms with Crippen molar-refractivity contribution >= 4 is 23.6 Å². The van der Waals surface area contributed by atoms with E-state index in [0.29, 0.717) is 19.4 Å². The summed E-state index contributed by atoms with van der Waals surface area (Å²) in [6.07, 6.45) is 10.9. The third kappa shape index (κ3) is 5.15. The average Bonchev–Trinajstić information content (AvgIpc) is 3.43. The molecule has 0 aromatic carbocycles. The number of carbonyl (C=O) groups is 4. The van der Waals surface area contributed by atoms with Crippen LogP contribution in [0.1, 0.15) is 89.0 Å². The summed E-state index contributed by atoms with van der Waals surface area (Å²) >= 11 is 0. The molecule has 2 amide bonds. The molecule has 4 rings (SSSR count). The van der Waals surface area contributed by atoms with Crippen LogP contribution in [0.5, 0.6) is 0 Å². The molecular weight excluding hydrogens is 460 g/mol. The summed E-state index contributed by atoms with van der Waals surface area (Å²) in [7, 11) is 0. The molecule has 196 valence electrons. The van der Waals surface area contributed by atoms with Crippen molar-refractivity contribution < 1.29 is 24.3 Å². The summed E-state index contributed by atoms with van der Waals surface area (Å²) in [4.78, 5) is 62.6. The molecule has 0 spiro atoms. The number of aliphatic carboxylic acids is 1. The number of likely N-dealkylation sites (tertiary alicyclic amines) is 1. The summed E-state index contributed by atoms with van der Waals surface area (Å²) in [5.41, 5.74) is -1.34. The van der Waals surface area contributed by atoms with E-state index >= 15 is 0 Å². The van der Waals surface area contributed by atoms with Crippen LogP contribution in [0.3, 0.4) is 0 Å². The second kappa shape index (κ2) is 10.3. The van der Waals surface area contributed by atoms with Crippen molar-refractivity contribution in [3.63, 3.8) is 0 Å². The van der Waals surface area contributed by atoms with Gasteiger partial charge in [0, 0.05) is 25.4 Å². The van der Waals surface area contributed by atoms with Crippen molar-refractivity contribution in [1.29, 1.82) is 0 Å². The van der Waals surface area contributed by atoms with E-state index in [0.717, 1.165) is 38.5 Å². The van der Waals surface area contributed by atoms with E-state index in [1.807, 2.05) is 20.8 Å². The molecule has 1 saturated heterocycles. The number of amides is 2. The topological polar surface area (TPSA) is 130 Å². The molecule has 3 aliphatic rings. The molecule has 1 aliphatic heterocycles. The number of hydrogen-bond acceptors (Lipinski definition) is 6. The molecule has 0 radical (unpaired) electrons. The predicted octanol–water partition coefficient (Wildman–Crippen LogP) is 3.24. The summed E-state index contributed by atoms with van der Waals surface area (Å²) < 4.78 is 0. The first kappa shape index (κ1) is 26.2. The summed E-state index contributed by atoms with van der Waals surface area (Å²) in [6, 6.07) is -1.75. The molecule has 0 unspecified atom stereocenters. The number of ketones is 1. The van der Waals surface area contributed by atoms with Crippen LogP contribution >= 0.6 is 0 Å². The smallest absolute Gasteiger partial charge is 0.326 e. The molecule has 36 heavy (non-hydrogen) atoms. The van der Waals surface area contributed by atoms with Gasteiger partial charge in [-0.05, 0) is 42.9 Å². The minimum Gasteiger partial charge on any atom is -0.480 e. The monoisotopic (exact) mass is 498 g/mol. The minimum absolute atomic E-state index is 0.00813. The predicted molar refractivity (Wildman–Crippen MR) is 132 cm³/mol. The fourth-order valence-electron chi connectivity index (χ4n) is 6.50. The van der Waals surface area contributed by atoms with Crippen LogP contribution in [-0.4, -0.2) is 62.2 Å². The van der Waals surface area contributed by atoms with Crippen LogP contribution in [0.4, 0.5) is 0 Å². The van der Waals surface area contributed by atoms with Gasteiger partial charge in [-0.15, -0.1) is 0 Å². The standard InChI is InChI=1S/C27H38N4O5/c1-26(2,3)22(23(33)31-16-17-8-7-9-18(17)21(31)24(34)35)30-25(36)27(10-5-4-6-11-27)14-20(32)19-15-28-12-13-29-19/h12-13,15,17-18,21-22H,4-11,14,16H2,1-3H3,(H,30,36)(H,34,35)/t17-,18-,21-,22+/m0/s1. The number of nitrogens with one attached hydrogen (secondary N) is 1. The SMILES string of the molecule is CC(C)(C)[C@H](NC(=O)C1(CC(=O)c2cnccn2)CCCCC1)C(=O)N1C[C@@H]2CCC[C@@H]2[C@H]1C(=O)O. The molecule has 2 saturated carbocycles. The summed E-state index contributed by atoms with van der Waals surface area (Å²) in [5.74, 6) is -1.70. The average molecular weight is 499 g/mol. The molecule has 4 atom stereocenters. The van der Waals surface area contributed by atoms with Crippen molar-refractivity contribution in [2.24, 2.45) is 22.7 Å². The Labute approximate surface area is 212 Å². The van der Waals surface area contributed by atoms with Gasteiger partial charge in [0.05, 0.1) is 11.6 Å². The lowest BCUT2D eigenvalue weighted by molar-refractivity contribution is -0.152. The van der Waals surface area contributed by atoms with Crippen molar-refractivity contribution in [1.82, 2.24) is 20.2 Å². The van der Waals surface area contributed by atoms with E-state index in [1.165, 1.54) is 23.5 Å². The lowest BCUT2D eigenvalue weighted by Gasteiger charge is -2.40. The number of carbonyl (C=O) groups excluding carboxylic acids is 3. The van der Waals surface area contributed by atoms with E-state index < -0.39 is 28.9 Å². The van der Waals surface area contributed by atoms with Crippen molar-refractivity contribution in [2.75, 3.05) is 6.54 Å². The van der Waals surface area contributed by atoms with Gasteiger partial charge in [-0.3, -0.25) is 19.4 Å². The maximum Gasteiger partial charge on any atom is 0.326 e. The first-order chi connectivity index (χ1) is 17.0. The summed E-state index contributed by atoms with van der Waals surface area (Å²) in [5, 5.41) is 13.0. The molecular formula is C27H38N4O5. The highest BCUT2D eigenvalue weighted by molar-refractivity contribution is 5.99. The molecule has 1 aromatic rings. The van der Waals surface area contributed by atoms with Gasteiger partial charge in [0.25, 0.3) is 0 Å². The van der Waals surface area contributed by atoms with E-state index in [-0.39, 0.29) is 41.5 Å². The first-order valence-electron chi connectivity index (χ1n) is 13.2. The van der Waals surface area contributed by atoms with Gasteiger partial charge in [0.1, 0.15) is 17.8 Å².